The molecular formula is C19H20N4O2. The van der Waals surface area contributed by atoms with E-state index >= 15 is 0 Å². The Hall–Kier alpha value is -3.15. The zero-order valence-electron chi connectivity index (χ0n) is 14.2. The number of aromatic amines is 1. The third-order valence-corrected chi connectivity index (χ3v) is 3.74. The first-order chi connectivity index (χ1) is 12.2. The second-order valence-corrected chi connectivity index (χ2v) is 5.62. The number of aromatic nitrogens is 3. The molecule has 128 valence electrons. The number of aryl methyl sites for hydroxylation is 1. The lowest BCUT2D eigenvalue weighted by atomic mass is 10.1. The number of hydrogen-bond acceptors (Lipinski definition) is 4. The fourth-order valence-electron chi connectivity index (χ4n) is 2.41. The highest BCUT2D eigenvalue weighted by Crippen LogP contribution is 2.18. The van der Waals surface area contributed by atoms with Crippen molar-refractivity contribution in [3.8, 4) is 17.1 Å². The number of benzene rings is 1. The van der Waals surface area contributed by atoms with Gasteiger partial charge < -0.3 is 10.1 Å². The Labute approximate surface area is 146 Å². The number of pyridine rings is 1. The maximum atomic E-state index is 12.3. The smallest absolute Gasteiger partial charge is 0.269 e. The number of nitrogens with zero attached hydrogens (tertiary/aromatic N) is 2. The Morgan fingerprint density at radius 3 is 2.80 bits per heavy atom. The number of rotatable bonds is 6. The predicted molar refractivity (Wildman–Crippen MR) is 95.3 cm³/mol. The van der Waals surface area contributed by atoms with E-state index in [9.17, 15) is 4.79 Å². The normalized spacial score (nSPS) is 10.5. The summed E-state index contributed by atoms with van der Waals surface area (Å²) in [5.74, 6) is 0.312. The standard InChI is InChI=1S/C19H20N4O2/c1-3-25-19-15(5-4-10-20-19)12-21-18(24)17-11-16(22-23-17)14-8-6-13(2)7-9-14/h4-11H,3,12H2,1-2H3,(H,21,24)(H,22,23). The van der Waals surface area contributed by atoms with Gasteiger partial charge >= 0.3 is 0 Å². The summed E-state index contributed by atoms with van der Waals surface area (Å²) in [5, 5.41) is 9.86. The van der Waals surface area contributed by atoms with Crippen molar-refractivity contribution >= 4 is 5.91 Å². The van der Waals surface area contributed by atoms with Gasteiger partial charge in [-0.15, -0.1) is 0 Å². The highest BCUT2D eigenvalue weighted by Gasteiger charge is 2.12. The van der Waals surface area contributed by atoms with Gasteiger partial charge in [0, 0.05) is 23.9 Å². The summed E-state index contributed by atoms with van der Waals surface area (Å²) < 4.78 is 5.46. The monoisotopic (exact) mass is 336 g/mol. The number of amides is 1. The molecule has 0 atom stereocenters. The van der Waals surface area contributed by atoms with Crippen molar-refractivity contribution in [3.63, 3.8) is 0 Å². The van der Waals surface area contributed by atoms with Gasteiger partial charge in [-0.3, -0.25) is 9.89 Å². The molecule has 0 saturated carbocycles. The molecule has 0 saturated heterocycles. The SMILES string of the molecule is CCOc1ncccc1CNC(=O)c1cc(-c2ccc(C)cc2)n[nH]1. The van der Waals surface area contributed by atoms with Crippen molar-refractivity contribution in [1.29, 1.82) is 0 Å². The van der Waals surface area contributed by atoms with Crippen LogP contribution in [-0.4, -0.2) is 27.7 Å². The van der Waals surface area contributed by atoms with Crippen LogP contribution in [0.25, 0.3) is 11.3 Å². The molecule has 3 aromatic rings. The molecule has 0 aliphatic heterocycles. The van der Waals surface area contributed by atoms with Gasteiger partial charge in [-0.05, 0) is 26.0 Å². The predicted octanol–water partition coefficient (Wildman–Crippen LogP) is 3.11. The minimum atomic E-state index is -0.225. The van der Waals surface area contributed by atoms with Crippen LogP contribution in [-0.2, 0) is 6.54 Å². The molecule has 3 rings (SSSR count). The van der Waals surface area contributed by atoms with Crippen molar-refractivity contribution in [2.24, 2.45) is 0 Å². The molecule has 6 heteroatoms. The number of carbonyl (C=O) groups is 1. The van der Waals surface area contributed by atoms with Crippen LogP contribution in [0.3, 0.4) is 0 Å². The van der Waals surface area contributed by atoms with Crippen molar-refractivity contribution in [2.75, 3.05) is 6.61 Å². The van der Waals surface area contributed by atoms with Crippen molar-refractivity contribution in [3.05, 3.63) is 65.5 Å². The highest BCUT2D eigenvalue weighted by molar-refractivity contribution is 5.93. The Kier molecular flexibility index (Phi) is 5.09. The van der Waals surface area contributed by atoms with Gasteiger partial charge in [-0.1, -0.05) is 35.9 Å². The Morgan fingerprint density at radius 1 is 1.24 bits per heavy atom. The van der Waals surface area contributed by atoms with Crippen LogP contribution in [0.5, 0.6) is 5.88 Å². The third kappa shape index (κ3) is 4.03. The minimum absolute atomic E-state index is 0.225. The first kappa shape index (κ1) is 16.7. The summed E-state index contributed by atoms with van der Waals surface area (Å²) in [4.78, 5) is 16.5. The van der Waals surface area contributed by atoms with Gasteiger partial charge in [-0.2, -0.15) is 5.10 Å². The fraction of sp³-hybridized carbons (Fsp3) is 0.211. The maximum Gasteiger partial charge on any atom is 0.269 e. The number of H-pyrrole nitrogens is 1. The zero-order chi connectivity index (χ0) is 17.6. The van der Waals surface area contributed by atoms with E-state index in [1.165, 1.54) is 5.56 Å². The lowest BCUT2D eigenvalue weighted by Crippen LogP contribution is -2.23. The zero-order valence-corrected chi connectivity index (χ0v) is 14.2. The van der Waals surface area contributed by atoms with Crippen LogP contribution < -0.4 is 10.1 Å². The fourth-order valence-corrected chi connectivity index (χ4v) is 2.41. The van der Waals surface area contributed by atoms with Gasteiger partial charge in [0.25, 0.3) is 5.91 Å². The van der Waals surface area contributed by atoms with E-state index in [4.69, 9.17) is 4.74 Å². The Morgan fingerprint density at radius 2 is 2.04 bits per heavy atom. The number of ether oxygens (including phenoxy) is 1. The van der Waals surface area contributed by atoms with Crippen LogP contribution in [0, 0.1) is 6.92 Å². The molecule has 0 aliphatic rings. The second kappa shape index (κ2) is 7.61. The van der Waals surface area contributed by atoms with Gasteiger partial charge in [0.15, 0.2) is 0 Å². The van der Waals surface area contributed by atoms with E-state index in [1.54, 1.807) is 12.3 Å². The lowest BCUT2D eigenvalue weighted by Gasteiger charge is -2.09. The lowest BCUT2D eigenvalue weighted by molar-refractivity contribution is 0.0945. The minimum Gasteiger partial charge on any atom is -0.478 e. The number of carbonyl (C=O) groups excluding carboxylic acids is 1. The Bertz CT molecular complexity index is 856. The van der Waals surface area contributed by atoms with E-state index in [1.807, 2.05) is 50.2 Å². The van der Waals surface area contributed by atoms with E-state index < -0.39 is 0 Å². The molecule has 0 radical (unpaired) electrons. The molecule has 0 unspecified atom stereocenters. The molecule has 25 heavy (non-hydrogen) atoms. The van der Waals surface area contributed by atoms with Crippen LogP contribution in [0.15, 0.2) is 48.7 Å². The van der Waals surface area contributed by atoms with Crippen molar-refractivity contribution < 1.29 is 9.53 Å². The molecular weight excluding hydrogens is 316 g/mol. The molecule has 0 spiro atoms. The van der Waals surface area contributed by atoms with Crippen LogP contribution >= 0.6 is 0 Å². The van der Waals surface area contributed by atoms with Crippen LogP contribution in [0.4, 0.5) is 0 Å². The van der Waals surface area contributed by atoms with Gasteiger partial charge in [-0.25, -0.2) is 4.98 Å². The number of nitrogens with one attached hydrogen (secondary N) is 2. The van der Waals surface area contributed by atoms with Crippen LogP contribution in [0.1, 0.15) is 28.5 Å². The van der Waals surface area contributed by atoms with Gasteiger partial charge in [0.05, 0.1) is 12.3 Å². The van der Waals surface area contributed by atoms with E-state index in [0.29, 0.717) is 24.7 Å². The van der Waals surface area contributed by atoms with Gasteiger partial charge in [0.2, 0.25) is 5.88 Å². The Balaban J connectivity index is 1.67. The molecule has 6 nitrogen and oxygen atoms in total. The maximum absolute atomic E-state index is 12.3. The first-order valence-electron chi connectivity index (χ1n) is 8.14. The average molecular weight is 336 g/mol. The summed E-state index contributed by atoms with van der Waals surface area (Å²) in [6.45, 7) is 4.79. The highest BCUT2D eigenvalue weighted by atomic mass is 16.5. The molecule has 2 N–H and O–H groups in total. The largest absolute Gasteiger partial charge is 0.478 e. The molecule has 1 amide bonds. The van der Waals surface area contributed by atoms with Crippen LogP contribution in [0.2, 0.25) is 0 Å². The third-order valence-electron chi connectivity index (χ3n) is 3.74. The molecule has 1 aromatic carbocycles. The summed E-state index contributed by atoms with van der Waals surface area (Å²) in [5.41, 5.74) is 4.13. The van der Waals surface area contributed by atoms with E-state index in [-0.39, 0.29) is 5.91 Å². The van der Waals surface area contributed by atoms with Crippen molar-refractivity contribution in [2.45, 2.75) is 20.4 Å². The second-order valence-electron chi connectivity index (χ2n) is 5.62. The molecule has 0 bridgehead atoms. The topological polar surface area (TPSA) is 79.9 Å². The van der Waals surface area contributed by atoms with Gasteiger partial charge in [0.1, 0.15) is 5.69 Å². The summed E-state index contributed by atoms with van der Waals surface area (Å²) in [6.07, 6.45) is 1.67. The van der Waals surface area contributed by atoms with E-state index in [0.717, 1.165) is 16.8 Å². The van der Waals surface area contributed by atoms with Crippen molar-refractivity contribution in [1.82, 2.24) is 20.5 Å². The van der Waals surface area contributed by atoms with E-state index in [2.05, 4.69) is 20.5 Å². The average Bonchev–Trinajstić information content (AvgIpc) is 3.12. The summed E-state index contributed by atoms with van der Waals surface area (Å²) in [7, 11) is 0. The summed E-state index contributed by atoms with van der Waals surface area (Å²) >= 11 is 0. The molecule has 0 aliphatic carbocycles. The molecule has 2 aromatic heterocycles. The summed E-state index contributed by atoms with van der Waals surface area (Å²) in [6, 6.07) is 13.4. The number of hydrogen-bond donors (Lipinski definition) is 2. The molecule has 2 heterocycles. The quantitative estimate of drug-likeness (QED) is 0.725. The first-order valence-corrected chi connectivity index (χ1v) is 8.14. The molecule has 0 fully saturated rings.